The molecule has 0 aliphatic heterocycles. The number of hydrogen-bond donors (Lipinski definition) is 1. The zero-order chi connectivity index (χ0) is 24.3. The molecule has 6 nitrogen and oxygen atoms in total. The number of esters is 1. The SMILES string of the molecule is CCN(CC)CCNC(=O)C(=Cc1ccc(C(=O)OC)cc1)COc1cccc2ccccc12. The first-order chi connectivity index (χ1) is 16.5. The second-order valence-electron chi connectivity index (χ2n) is 7.83. The maximum absolute atomic E-state index is 13.1. The van der Waals surface area contributed by atoms with Gasteiger partial charge in [-0.1, -0.05) is 62.4 Å². The number of ether oxygens (including phenoxy) is 2. The molecule has 34 heavy (non-hydrogen) atoms. The number of methoxy groups -OCH3 is 1. The third-order valence-corrected chi connectivity index (χ3v) is 5.71. The summed E-state index contributed by atoms with van der Waals surface area (Å²) >= 11 is 0. The summed E-state index contributed by atoms with van der Waals surface area (Å²) in [7, 11) is 1.35. The van der Waals surface area contributed by atoms with Crippen LogP contribution in [-0.2, 0) is 9.53 Å². The van der Waals surface area contributed by atoms with Crippen molar-refractivity contribution in [1.29, 1.82) is 0 Å². The van der Waals surface area contributed by atoms with Crippen LogP contribution >= 0.6 is 0 Å². The Bertz CT molecular complexity index is 1130. The highest BCUT2D eigenvalue weighted by Gasteiger charge is 2.13. The molecule has 1 N–H and O–H groups in total. The molecule has 3 rings (SSSR count). The van der Waals surface area contributed by atoms with E-state index in [1.54, 1.807) is 30.3 Å². The van der Waals surface area contributed by atoms with Crippen molar-refractivity contribution in [2.24, 2.45) is 0 Å². The fourth-order valence-corrected chi connectivity index (χ4v) is 3.67. The molecular weight excluding hydrogens is 428 g/mol. The number of nitrogens with zero attached hydrogens (tertiary/aromatic N) is 1. The quantitative estimate of drug-likeness (QED) is 0.336. The van der Waals surface area contributed by atoms with E-state index in [0.717, 1.165) is 41.7 Å². The number of likely N-dealkylation sites (N-methyl/N-ethyl adjacent to an activating group) is 1. The second kappa shape index (κ2) is 12.6. The summed E-state index contributed by atoms with van der Waals surface area (Å²) in [6.45, 7) is 7.53. The predicted molar refractivity (Wildman–Crippen MR) is 136 cm³/mol. The Balaban J connectivity index is 1.79. The van der Waals surface area contributed by atoms with Gasteiger partial charge < -0.3 is 19.7 Å². The average Bonchev–Trinajstić information content (AvgIpc) is 2.88. The molecule has 0 heterocycles. The first kappa shape index (κ1) is 25.0. The predicted octanol–water partition coefficient (Wildman–Crippen LogP) is 4.55. The number of hydrogen-bond acceptors (Lipinski definition) is 5. The number of rotatable bonds is 11. The van der Waals surface area contributed by atoms with Crippen LogP contribution < -0.4 is 10.1 Å². The molecule has 0 bridgehead atoms. The van der Waals surface area contributed by atoms with E-state index in [1.165, 1.54) is 7.11 Å². The Morgan fingerprint density at radius 1 is 0.941 bits per heavy atom. The number of amides is 1. The highest BCUT2D eigenvalue weighted by atomic mass is 16.5. The van der Waals surface area contributed by atoms with Crippen molar-refractivity contribution in [3.8, 4) is 5.75 Å². The molecule has 0 saturated carbocycles. The summed E-state index contributed by atoms with van der Waals surface area (Å²) in [5, 5.41) is 5.08. The van der Waals surface area contributed by atoms with E-state index in [1.807, 2.05) is 42.5 Å². The third kappa shape index (κ3) is 6.68. The van der Waals surface area contributed by atoms with Crippen molar-refractivity contribution in [1.82, 2.24) is 10.2 Å². The van der Waals surface area contributed by atoms with E-state index < -0.39 is 5.97 Å². The molecule has 0 aliphatic carbocycles. The Morgan fingerprint density at radius 2 is 1.65 bits per heavy atom. The van der Waals surface area contributed by atoms with E-state index in [9.17, 15) is 9.59 Å². The van der Waals surface area contributed by atoms with Crippen molar-refractivity contribution < 1.29 is 19.1 Å². The van der Waals surface area contributed by atoms with E-state index in [-0.39, 0.29) is 12.5 Å². The minimum atomic E-state index is -0.399. The van der Waals surface area contributed by atoms with Crippen molar-refractivity contribution in [3.63, 3.8) is 0 Å². The van der Waals surface area contributed by atoms with E-state index in [4.69, 9.17) is 9.47 Å². The smallest absolute Gasteiger partial charge is 0.337 e. The van der Waals surface area contributed by atoms with Crippen LogP contribution in [0.5, 0.6) is 5.75 Å². The summed E-state index contributed by atoms with van der Waals surface area (Å²) in [6.07, 6.45) is 1.79. The van der Waals surface area contributed by atoms with Gasteiger partial charge in [0.2, 0.25) is 0 Å². The van der Waals surface area contributed by atoms with Crippen LogP contribution in [0.3, 0.4) is 0 Å². The molecule has 3 aromatic carbocycles. The number of fused-ring (bicyclic) bond motifs is 1. The molecule has 1 amide bonds. The van der Waals surface area contributed by atoms with Crippen LogP contribution in [0.4, 0.5) is 0 Å². The number of carbonyl (C=O) groups excluding carboxylic acids is 2. The topological polar surface area (TPSA) is 67.9 Å². The van der Waals surface area contributed by atoms with Gasteiger partial charge >= 0.3 is 5.97 Å². The summed E-state index contributed by atoms with van der Waals surface area (Å²) in [4.78, 5) is 27.0. The van der Waals surface area contributed by atoms with E-state index in [2.05, 4.69) is 24.1 Å². The second-order valence-corrected chi connectivity index (χ2v) is 7.83. The summed E-state index contributed by atoms with van der Waals surface area (Å²) in [6, 6.07) is 20.8. The lowest BCUT2D eigenvalue weighted by Gasteiger charge is -2.18. The van der Waals surface area contributed by atoms with E-state index in [0.29, 0.717) is 17.7 Å². The zero-order valence-corrected chi connectivity index (χ0v) is 20.0. The fraction of sp³-hybridized carbons (Fsp3) is 0.286. The van der Waals surface area contributed by atoms with Gasteiger partial charge in [0.15, 0.2) is 0 Å². The lowest BCUT2D eigenvalue weighted by Crippen LogP contribution is -2.36. The van der Waals surface area contributed by atoms with Gasteiger partial charge in [0, 0.05) is 18.5 Å². The summed E-state index contributed by atoms with van der Waals surface area (Å²) in [5.74, 6) is 0.148. The van der Waals surface area contributed by atoms with Gasteiger partial charge in [0.25, 0.3) is 5.91 Å². The third-order valence-electron chi connectivity index (χ3n) is 5.71. The summed E-state index contributed by atoms with van der Waals surface area (Å²) < 4.78 is 10.9. The largest absolute Gasteiger partial charge is 0.488 e. The molecule has 0 spiro atoms. The molecule has 0 unspecified atom stereocenters. The van der Waals surface area contributed by atoms with Crippen LogP contribution in [0.15, 0.2) is 72.3 Å². The standard InChI is InChI=1S/C28H32N2O4/c1-4-30(5-2)18-17-29-27(31)24(19-21-13-15-23(16-14-21)28(32)33-3)20-34-26-12-8-10-22-9-6-7-11-25(22)26/h6-16,19H,4-5,17-18,20H2,1-3H3,(H,29,31). The Hall–Kier alpha value is -3.64. The number of nitrogens with one attached hydrogen (secondary N) is 1. The lowest BCUT2D eigenvalue weighted by atomic mass is 10.1. The van der Waals surface area contributed by atoms with Crippen molar-refractivity contribution in [3.05, 3.63) is 83.4 Å². The normalized spacial score (nSPS) is 11.5. The minimum Gasteiger partial charge on any atom is -0.488 e. The fourth-order valence-electron chi connectivity index (χ4n) is 3.67. The Kier molecular flexibility index (Phi) is 9.23. The first-order valence-electron chi connectivity index (χ1n) is 11.6. The summed E-state index contributed by atoms with van der Waals surface area (Å²) in [5.41, 5.74) is 1.75. The van der Waals surface area contributed by atoms with Crippen LogP contribution in [0.2, 0.25) is 0 Å². The van der Waals surface area contributed by atoms with Gasteiger partial charge in [-0.3, -0.25) is 4.79 Å². The van der Waals surface area contributed by atoms with Crippen molar-refractivity contribution in [2.45, 2.75) is 13.8 Å². The average molecular weight is 461 g/mol. The molecule has 0 aromatic heterocycles. The molecule has 0 atom stereocenters. The van der Waals surface area contributed by atoms with Crippen LogP contribution in [0.25, 0.3) is 16.8 Å². The lowest BCUT2D eigenvalue weighted by molar-refractivity contribution is -0.117. The highest BCUT2D eigenvalue weighted by molar-refractivity contribution is 5.98. The molecule has 0 fully saturated rings. The van der Waals surface area contributed by atoms with Gasteiger partial charge in [0.1, 0.15) is 12.4 Å². The van der Waals surface area contributed by atoms with Gasteiger partial charge in [-0.15, -0.1) is 0 Å². The molecular formula is C28H32N2O4. The molecule has 6 heteroatoms. The molecule has 0 saturated heterocycles. The van der Waals surface area contributed by atoms with Crippen molar-refractivity contribution in [2.75, 3.05) is 39.9 Å². The van der Waals surface area contributed by atoms with Crippen LogP contribution in [0, 0.1) is 0 Å². The first-order valence-corrected chi connectivity index (χ1v) is 11.6. The van der Waals surface area contributed by atoms with Gasteiger partial charge in [-0.05, 0) is 48.3 Å². The van der Waals surface area contributed by atoms with Crippen LogP contribution in [-0.4, -0.2) is 56.7 Å². The van der Waals surface area contributed by atoms with Gasteiger partial charge in [-0.2, -0.15) is 0 Å². The number of carbonyl (C=O) groups is 2. The molecule has 0 aliphatic rings. The minimum absolute atomic E-state index is 0.115. The Labute approximate surface area is 201 Å². The maximum atomic E-state index is 13.1. The van der Waals surface area contributed by atoms with Gasteiger partial charge in [-0.25, -0.2) is 4.79 Å². The molecule has 178 valence electrons. The Morgan fingerprint density at radius 3 is 2.35 bits per heavy atom. The van der Waals surface area contributed by atoms with Crippen LogP contribution in [0.1, 0.15) is 29.8 Å². The zero-order valence-electron chi connectivity index (χ0n) is 20.0. The molecule has 0 radical (unpaired) electrons. The number of benzene rings is 3. The van der Waals surface area contributed by atoms with Crippen molar-refractivity contribution >= 4 is 28.7 Å². The van der Waals surface area contributed by atoms with E-state index >= 15 is 0 Å². The highest BCUT2D eigenvalue weighted by Crippen LogP contribution is 2.25. The maximum Gasteiger partial charge on any atom is 0.337 e. The monoisotopic (exact) mass is 460 g/mol. The molecule has 3 aromatic rings. The van der Waals surface area contributed by atoms with Gasteiger partial charge in [0.05, 0.1) is 18.2 Å².